The summed E-state index contributed by atoms with van der Waals surface area (Å²) in [4.78, 5) is 37.5. The maximum atomic E-state index is 12.3. The standard InChI is InChI=1S/C19H34N2O3S/c1-3-5-7-8-10-14-25-16-15-18(23)21(19(16)24)13-11-17(22)20-12-9-6-4-2/h16H,3-15H2,1-2H3,(H,20,22). The molecular formula is C19H34N2O3S. The van der Waals surface area contributed by atoms with Crippen LogP contribution in [0.3, 0.4) is 0 Å². The van der Waals surface area contributed by atoms with E-state index >= 15 is 0 Å². The fourth-order valence-corrected chi connectivity index (χ4v) is 4.04. The normalized spacial score (nSPS) is 17.4. The fraction of sp³-hybridized carbons (Fsp3) is 0.842. The van der Waals surface area contributed by atoms with E-state index in [0.29, 0.717) is 6.54 Å². The van der Waals surface area contributed by atoms with E-state index in [1.807, 2.05) is 0 Å². The second-order valence-electron chi connectivity index (χ2n) is 6.67. The van der Waals surface area contributed by atoms with Crippen molar-refractivity contribution in [3.8, 4) is 0 Å². The Morgan fingerprint density at radius 3 is 2.48 bits per heavy atom. The predicted octanol–water partition coefficient (Wildman–Crippen LogP) is 3.51. The molecule has 0 aromatic rings. The lowest BCUT2D eigenvalue weighted by atomic mass is 10.2. The molecule has 1 rings (SSSR count). The van der Waals surface area contributed by atoms with Gasteiger partial charge in [0.25, 0.3) is 0 Å². The Bertz CT molecular complexity index is 429. The molecule has 1 atom stereocenters. The molecule has 6 heteroatoms. The van der Waals surface area contributed by atoms with Crippen molar-refractivity contribution >= 4 is 29.5 Å². The first-order chi connectivity index (χ1) is 12.1. The molecule has 0 bridgehead atoms. The summed E-state index contributed by atoms with van der Waals surface area (Å²) in [6, 6.07) is 0. The number of hydrogen-bond donors (Lipinski definition) is 1. The van der Waals surface area contributed by atoms with Crippen LogP contribution in [0.15, 0.2) is 0 Å². The minimum Gasteiger partial charge on any atom is -0.356 e. The van der Waals surface area contributed by atoms with Gasteiger partial charge in [0.05, 0.1) is 5.25 Å². The molecule has 1 aliphatic rings. The largest absolute Gasteiger partial charge is 0.356 e. The number of hydrogen-bond acceptors (Lipinski definition) is 4. The molecule has 1 heterocycles. The molecule has 0 saturated carbocycles. The van der Waals surface area contributed by atoms with Crippen molar-refractivity contribution in [2.75, 3.05) is 18.8 Å². The van der Waals surface area contributed by atoms with Crippen LogP contribution in [0, 0.1) is 0 Å². The number of thioether (sulfide) groups is 1. The molecule has 25 heavy (non-hydrogen) atoms. The molecule has 1 saturated heterocycles. The number of likely N-dealkylation sites (tertiary alicyclic amines) is 1. The lowest BCUT2D eigenvalue weighted by Crippen LogP contribution is -2.35. The molecule has 5 nitrogen and oxygen atoms in total. The number of carbonyl (C=O) groups is 3. The molecule has 1 unspecified atom stereocenters. The van der Waals surface area contributed by atoms with Crippen molar-refractivity contribution in [1.82, 2.24) is 10.2 Å². The highest BCUT2D eigenvalue weighted by molar-refractivity contribution is 8.00. The van der Waals surface area contributed by atoms with Crippen molar-refractivity contribution in [2.45, 2.75) is 83.3 Å². The minimum absolute atomic E-state index is 0.0799. The van der Waals surface area contributed by atoms with E-state index in [1.165, 1.54) is 30.6 Å². The smallest absolute Gasteiger partial charge is 0.242 e. The highest BCUT2D eigenvalue weighted by Gasteiger charge is 2.38. The van der Waals surface area contributed by atoms with Gasteiger partial charge in [-0.05, 0) is 18.6 Å². The van der Waals surface area contributed by atoms with Crippen LogP contribution in [0.2, 0.25) is 0 Å². The van der Waals surface area contributed by atoms with Crippen LogP contribution in [-0.4, -0.2) is 46.7 Å². The summed E-state index contributed by atoms with van der Waals surface area (Å²) in [6.45, 7) is 5.19. The number of nitrogens with one attached hydrogen (secondary N) is 1. The lowest BCUT2D eigenvalue weighted by molar-refractivity contribution is -0.138. The monoisotopic (exact) mass is 370 g/mol. The van der Waals surface area contributed by atoms with E-state index in [0.717, 1.165) is 31.4 Å². The molecule has 1 fully saturated rings. The summed E-state index contributed by atoms with van der Waals surface area (Å²) in [6.07, 6.45) is 9.71. The Balaban J connectivity index is 2.22. The van der Waals surface area contributed by atoms with Gasteiger partial charge in [0.1, 0.15) is 0 Å². The maximum absolute atomic E-state index is 12.3. The van der Waals surface area contributed by atoms with E-state index in [1.54, 1.807) is 11.8 Å². The third kappa shape index (κ3) is 8.75. The highest BCUT2D eigenvalue weighted by atomic mass is 32.2. The molecule has 3 amide bonds. The maximum Gasteiger partial charge on any atom is 0.242 e. The Morgan fingerprint density at radius 2 is 1.76 bits per heavy atom. The summed E-state index contributed by atoms with van der Waals surface area (Å²) in [5, 5.41) is 2.60. The number of carbonyl (C=O) groups excluding carboxylic acids is 3. The van der Waals surface area contributed by atoms with Gasteiger partial charge >= 0.3 is 0 Å². The van der Waals surface area contributed by atoms with Gasteiger partial charge in [-0.25, -0.2) is 0 Å². The molecular weight excluding hydrogens is 336 g/mol. The average molecular weight is 371 g/mol. The second kappa shape index (κ2) is 13.2. The fourth-order valence-electron chi connectivity index (χ4n) is 2.85. The van der Waals surface area contributed by atoms with Crippen LogP contribution in [-0.2, 0) is 14.4 Å². The van der Waals surface area contributed by atoms with Crippen molar-refractivity contribution in [2.24, 2.45) is 0 Å². The second-order valence-corrected chi connectivity index (χ2v) is 7.98. The minimum atomic E-state index is -0.244. The van der Waals surface area contributed by atoms with Crippen LogP contribution in [0.25, 0.3) is 0 Å². The molecule has 0 radical (unpaired) electrons. The SMILES string of the molecule is CCCCCCCSC1CC(=O)N(CCC(=O)NCCCCC)C1=O. The zero-order chi connectivity index (χ0) is 18.5. The van der Waals surface area contributed by atoms with Gasteiger partial charge in [-0.2, -0.15) is 0 Å². The van der Waals surface area contributed by atoms with Crippen LogP contribution in [0.4, 0.5) is 0 Å². The molecule has 144 valence electrons. The quantitative estimate of drug-likeness (QED) is 0.375. The number of imide groups is 1. The van der Waals surface area contributed by atoms with Crippen molar-refractivity contribution < 1.29 is 14.4 Å². The van der Waals surface area contributed by atoms with Gasteiger partial charge < -0.3 is 5.32 Å². The first-order valence-electron chi connectivity index (χ1n) is 9.82. The topological polar surface area (TPSA) is 66.5 Å². The average Bonchev–Trinajstić information content (AvgIpc) is 2.86. The van der Waals surface area contributed by atoms with E-state index < -0.39 is 0 Å². The number of rotatable bonds is 14. The Kier molecular flexibility index (Phi) is 11.6. The number of amides is 3. The Hall–Kier alpha value is -1.04. The van der Waals surface area contributed by atoms with Gasteiger partial charge in [-0.1, -0.05) is 52.4 Å². The van der Waals surface area contributed by atoms with Crippen LogP contribution < -0.4 is 5.32 Å². The highest BCUT2D eigenvalue weighted by Crippen LogP contribution is 2.26. The molecule has 0 aliphatic carbocycles. The third-order valence-corrected chi connectivity index (χ3v) is 5.73. The molecule has 0 aromatic heterocycles. The van der Waals surface area contributed by atoms with Gasteiger partial charge in [-0.3, -0.25) is 19.3 Å². The van der Waals surface area contributed by atoms with Crippen molar-refractivity contribution in [3.63, 3.8) is 0 Å². The first kappa shape index (κ1) is 22.0. The van der Waals surface area contributed by atoms with Crippen LogP contribution in [0.1, 0.15) is 78.1 Å². The van der Waals surface area contributed by atoms with Crippen molar-refractivity contribution in [1.29, 1.82) is 0 Å². The molecule has 0 aromatic carbocycles. The van der Waals surface area contributed by atoms with Crippen LogP contribution >= 0.6 is 11.8 Å². The lowest BCUT2D eigenvalue weighted by Gasteiger charge is -2.14. The number of unbranched alkanes of at least 4 members (excludes halogenated alkanes) is 6. The Labute approximate surface area is 156 Å². The zero-order valence-corrected chi connectivity index (χ0v) is 16.7. The summed E-state index contributed by atoms with van der Waals surface area (Å²) in [7, 11) is 0. The summed E-state index contributed by atoms with van der Waals surface area (Å²) < 4.78 is 0. The third-order valence-electron chi connectivity index (χ3n) is 4.43. The first-order valence-corrected chi connectivity index (χ1v) is 10.9. The van der Waals surface area contributed by atoms with E-state index in [-0.39, 0.29) is 42.4 Å². The van der Waals surface area contributed by atoms with E-state index in [4.69, 9.17) is 0 Å². The summed E-state index contributed by atoms with van der Waals surface area (Å²) in [5.74, 6) is 0.609. The molecule has 1 aliphatic heterocycles. The van der Waals surface area contributed by atoms with Gasteiger partial charge in [-0.15, -0.1) is 11.8 Å². The summed E-state index contributed by atoms with van der Waals surface area (Å²) in [5.41, 5.74) is 0. The Morgan fingerprint density at radius 1 is 1.08 bits per heavy atom. The van der Waals surface area contributed by atoms with E-state index in [2.05, 4.69) is 19.2 Å². The van der Waals surface area contributed by atoms with Gasteiger partial charge in [0.2, 0.25) is 17.7 Å². The molecule has 1 N–H and O–H groups in total. The van der Waals surface area contributed by atoms with E-state index in [9.17, 15) is 14.4 Å². The summed E-state index contributed by atoms with van der Waals surface area (Å²) >= 11 is 1.60. The van der Waals surface area contributed by atoms with Crippen molar-refractivity contribution in [3.05, 3.63) is 0 Å². The molecule has 0 spiro atoms. The van der Waals surface area contributed by atoms with Gasteiger partial charge in [0.15, 0.2) is 0 Å². The van der Waals surface area contributed by atoms with Gasteiger partial charge in [0, 0.05) is 25.9 Å². The predicted molar refractivity (Wildman–Crippen MR) is 103 cm³/mol. The van der Waals surface area contributed by atoms with Crippen LogP contribution in [0.5, 0.6) is 0 Å². The zero-order valence-electron chi connectivity index (χ0n) is 15.8. The number of nitrogens with zero attached hydrogens (tertiary/aromatic N) is 1.